The summed E-state index contributed by atoms with van der Waals surface area (Å²) in [7, 11) is 0. The Morgan fingerprint density at radius 3 is 2.71 bits per heavy atom. The number of halogens is 1. The van der Waals surface area contributed by atoms with E-state index in [4.69, 9.17) is 9.47 Å². The number of likely N-dealkylation sites (tertiary alicyclic amines) is 1. The van der Waals surface area contributed by atoms with Gasteiger partial charge in [0, 0.05) is 31.1 Å². The van der Waals surface area contributed by atoms with E-state index in [1.54, 1.807) is 22.0 Å². The molecule has 2 bridgehead atoms. The second-order valence-electron chi connectivity index (χ2n) is 9.65. The number of fused-ring (bicyclic) bond motifs is 1. The number of aliphatic hydroxyl groups is 1. The van der Waals surface area contributed by atoms with Crippen LogP contribution in [0.25, 0.3) is 0 Å². The van der Waals surface area contributed by atoms with Gasteiger partial charge in [-0.25, -0.2) is 0 Å². The van der Waals surface area contributed by atoms with E-state index >= 15 is 0 Å². The van der Waals surface area contributed by atoms with Gasteiger partial charge in [-0.3, -0.25) is 14.4 Å². The molecule has 35 heavy (non-hydrogen) atoms. The highest BCUT2D eigenvalue weighted by Crippen LogP contribution is 2.60. The van der Waals surface area contributed by atoms with Crippen LogP contribution in [0.15, 0.2) is 25.3 Å². The number of aliphatic hydroxyl groups excluding tert-OH is 1. The first-order valence-electron chi connectivity index (χ1n) is 12.8. The maximum Gasteiger partial charge on any atom is 0.312 e. The van der Waals surface area contributed by atoms with Crippen molar-refractivity contribution in [3.05, 3.63) is 25.3 Å². The Kier molecular flexibility index (Phi) is 9.95. The van der Waals surface area contributed by atoms with Crippen molar-refractivity contribution >= 4 is 33.7 Å². The molecule has 3 unspecified atom stereocenters. The van der Waals surface area contributed by atoms with Crippen molar-refractivity contribution in [1.82, 2.24) is 9.80 Å². The summed E-state index contributed by atoms with van der Waals surface area (Å²) in [5.74, 6) is -2.36. The summed E-state index contributed by atoms with van der Waals surface area (Å²) in [5, 5.41) is 9.28. The molecule has 3 fully saturated rings. The van der Waals surface area contributed by atoms with Crippen LogP contribution in [0.4, 0.5) is 0 Å². The predicted molar refractivity (Wildman–Crippen MR) is 136 cm³/mol. The number of hydrogen-bond donors (Lipinski definition) is 1. The van der Waals surface area contributed by atoms with E-state index in [2.05, 4.69) is 36.0 Å². The third-order valence-corrected chi connectivity index (χ3v) is 8.19. The first-order chi connectivity index (χ1) is 16.9. The summed E-state index contributed by atoms with van der Waals surface area (Å²) in [6.07, 6.45) is 7.66. The Balaban J connectivity index is 1.94. The lowest BCUT2D eigenvalue weighted by molar-refractivity contribution is -0.155. The van der Waals surface area contributed by atoms with Gasteiger partial charge < -0.3 is 24.4 Å². The fraction of sp³-hybridized carbons (Fsp3) is 0.731. The minimum Gasteiger partial charge on any atom is -0.465 e. The molecule has 3 aliphatic heterocycles. The molecule has 9 heteroatoms. The summed E-state index contributed by atoms with van der Waals surface area (Å²) < 4.78 is 12.0. The molecule has 0 aromatic heterocycles. The number of hydrogen-bond acceptors (Lipinski definition) is 6. The highest BCUT2D eigenvalue weighted by atomic mass is 79.9. The normalized spacial score (nSPS) is 30.9. The SMILES string of the molecule is C=CCCCOC(=O)[C@H]1[C@@H]2OC3(CC2Br)C(C(=O)N(CC=C)CCCC)N(CCCCO)C(=O)[C@H]13. The third kappa shape index (κ3) is 5.37. The van der Waals surface area contributed by atoms with Gasteiger partial charge in [0.1, 0.15) is 11.6 Å². The number of carbonyl (C=O) groups excluding carboxylic acids is 3. The van der Waals surface area contributed by atoms with Gasteiger partial charge in [-0.05, 0) is 38.5 Å². The first kappa shape index (κ1) is 27.9. The lowest BCUT2D eigenvalue weighted by Gasteiger charge is -2.37. The highest BCUT2D eigenvalue weighted by Gasteiger charge is 2.77. The Hall–Kier alpha value is -1.71. The lowest BCUT2D eigenvalue weighted by Crippen LogP contribution is -2.57. The number of alkyl halides is 1. The van der Waals surface area contributed by atoms with Crippen LogP contribution in [0.5, 0.6) is 0 Å². The topological polar surface area (TPSA) is 96.4 Å². The van der Waals surface area contributed by atoms with Crippen LogP contribution in [-0.4, -0.2) is 88.1 Å². The van der Waals surface area contributed by atoms with Crippen LogP contribution in [0, 0.1) is 11.8 Å². The molecular formula is C26H39BrN2O6. The van der Waals surface area contributed by atoms with Crippen LogP contribution in [0.1, 0.15) is 51.9 Å². The number of carbonyl (C=O) groups is 3. The quantitative estimate of drug-likeness (QED) is 0.145. The first-order valence-corrected chi connectivity index (χ1v) is 13.7. The molecule has 8 nitrogen and oxygen atoms in total. The zero-order chi connectivity index (χ0) is 25.6. The number of rotatable bonds is 15. The molecule has 0 saturated carbocycles. The van der Waals surface area contributed by atoms with Crippen LogP contribution in [0.2, 0.25) is 0 Å². The molecule has 2 amide bonds. The molecule has 0 aliphatic carbocycles. The van der Waals surface area contributed by atoms with Crippen molar-refractivity contribution in [3.8, 4) is 0 Å². The molecule has 3 saturated heterocycles. The standard InChI is InChI=1S/C26H39BrN2O6/c1-4-7-11-16-34-25(33)19-20-23(31)29(14-9-10-15-30)22(26(20)17-18(27)21(19)35-26)24(32)28(12-6-3)13-8-5-2/h4,6,18-22,30H,1,3,5,7-17H2,2H3/t18?,19-,20+,21-,22?,26?/m1/s1. The Labute approximate surface area is 216 Å². The third-order valence-electron chi connectivity index (χ3n) is 7.34. The van der Waals surface area contributed by atoms with Crippen molar-refractivity contribution in [2.45, 2.75) is 74.4 Å². The van der Waals surface area contributed by atoms with Gasteiger partial charge in [-0.2, -0.15) is 0 Å². The summed E-state index contributed by atoms with van der Waals surface area (Å²) >= 11 is 3.67. The van der Waals surface area contributed by atoms with Gasteiger partial charge in [0.15, 0.2) is 0 Å². The number of amides is 2. The molecule has 3 aliphatic rings. The van der Waals surface area contributed by atoms with Crippen molar-refractivity contribution < 1.29 is 29.0 Å². The maximum absolute atomic E-state index is 14.0. The van der Waals surface area contributed by atoms with Gasteiger partial charge >= 0.3 is 5.97 Å². The zero-order valence-corrected chi connectivity index (χ0v) is 22.3. The number of esters is 1. The molecule has 1 spiro atoms. The molecule has 0 aromatic rings. The Morgan fingerprint density at radius 1 is 1.29 bits per heavy atom. The summed E-state index contributed by atoms with van der Waals surface area (Å²) in [6, 6.07) is -0.820. The monoisotopic (exact) mass is 554 g/mol. The highest BCUT2D eigenvalue weighted by molar-refractivity contribution is 9.09. The summed E-state index contributed by atoms with van der Waals surface area (Å²) in [4.78, 5) is 44.2. The number of ether oxygens (including phenoxy) is 2. The van der Waals surface area contributed by atoms with E-state index in [1.807, 2.05) is 0 Å². The van der Waals surface area contributed by atoms with E-state index in [0.29, 0.717) is 45.3 Å². The van der Waals surface area contributed by atoms with Crippen LogP contribution in [0.3, 0.4) is 0 Å². The van der Waals surface area contributed by atoms with E-state index in [0.717, 1.165) is 19.3 Å². The van der Waals surface area contributed by atoms with Crippen molar-refractivity contribution in [1.29, 1.82) is 0 Å². The lowest BCUT2D eigenvalue weighted by atomic mass is 9.70. The van der Waals surface area contributed by atoms with Crippen LogP contribution >= 0.6 is 15.9 Å². The number of unbranched alkanes of at least 4 members (excludes halogenated alkanes) is 3. The second-order valence-corrected chi connectivity index (χ2v) is 10.8. The number of allylic oxidation sites excluding steroid dienone is 1. The van der Waals surface area contributed by atoms with Crippen molar-refractivity contribution in [2.24, 2.45) is 11.8 Å². The molecule has 3 rings (SSSR count). The van der Waals surface area contributed by atoms with Gasteiger partial charge in [-0.1, -0.05) is 41.4 Å². The average Bonchev–Trinajstić information content (AvgIpc) is 3.43. The second kappa shape index (κ2) is 12.5. The molecule has 196 valence electrons. The van der Waals surface area contributed by atoms with Gasteiger partial charge in [0.2, 0.25) is 11.8 Å². The van der Waals surface area contributed by atoms with Crippen LogP contribution in [-0.2, 0) is 23.9 Å². The van der Waals surface area contributed by atoms with Crippen molar-refractivity contribution in [2.75, 3.05) is 32.8 Å². The maximum atomic E-state index is 14.0. The van der Waals surface area contributed by atoms with Gasteiger partial charge in [-0.15, -0.1) is 13.2 Å². The van der Waals surface area contributed by atoms with Crippen molar-refractivity contribution in [3.63, 3.8) is 0 Å². The van der Waals surface area contributed by atoms with E-state index in [9.17, 15) is 19.5 Å². The van der Waals surface area contributed by atoms with E-state index < -0.39 is 35.6 Å². The minimum atomic E-state index is -1.08. The van der Waals surface area contributed by atoms with E-state index in [1.165, 1.54) is 0 Å². The zero-order valence-electron chi connectivity index (χ0n) is 20.7. The molecule has 0 aromatic carbocycles. The molecule has 6 atom stereocenters. The largest absolute Gasteiger partial charge is 0.465 e. The molecular weight excluding hydrogens is 516 g/mol. The predicted octanol–water partition coefficient (Wildman–Crippen LogP) is 2.83. The fourth-order valence-corrected chi connectivity index (χ4v) is 6.72. The van der Waals surface area contributed by atoms with E-state index in [-0.39, 0.29) is 29.9 Å². The Bertz CT molecular complexity index is 807. The summed E-state index contributed by atoms with van der Waals surface area (Å²) in [6.45, 7) is 11.1. The minimum absolute atomic E-state index is 0.00993. The van der Waals surface area contributed by atoms with Gasteiger partial charge in [0.05, 0.1) is 24.5 Å². The molecule has 1 N–H and O–H groups in total. The van der Waals surface area contributed by atoms with Gasteiger partial charge in [0.25, 0.3) is 0 Å². The number of nitrogens with zero attached hydrogens (tertiary/aromatic N) is 2. The summed E-state index contributed by atoms with van der Waals surface area (Å²) in [5.41, 5.74) is -1.08. The smallest absolute Gasteiger partial charge is 0.312 e. The Morgan fingerprint density at radius 2 is 2.06 bits per heavy atom. The average molecular weight is 556 g/mol. The fourth-order valence-electron chi connectivity index (χ4n) is 5.78. The molecule has 0 radical (unpaired) electrons. The van der Waals surface area contributed by atoms with Crippen LogP contribution < -0.4 is 0 Å². The molecule has 3 heterocycles.